The normalized spacial score (nSPS) is 14.8. The Kier molecular flexibility index (Phi) is 7.17. The molecule has 1 fully saturated rings. The second-order valence-corrected chi connectivity index (χ2v) is 7.09. The Morgan fingerprint density at radius 2 is 2.00 bits per heavy atom. The van der Waals surface area contributed by atoms with Crippen LogP contribution < -0.4 is 11.1 Å². The molecular weight excluding hydrogens is 352 g/mol. The van der Waals surface area contributed by atoms with Crippen LogP contribution in [0.3, 0.4) is 0 Å². The van der Waals surface area contributed by atoms with Gasteiger partial charge in [-0.3, -0.25) is 4.79 Å². The van der Waals surface area contributed by atoms with Gasteiger partial charge in [-0.15, -0.1) is 12.4 Å². The molecule has 0 aliphatic heterocycles. The average molecular weight is 379 g/mol. The highest BCUT2D eigenvalue weighted by molar-refractivity contribution is 5.85. The summed E-state index contributed by atoms with van der Waals surface area (Å²) >= 11 is 0. The fourth-order valence-corrected chi connectivity index (χ4v) is 2.72. The summed E-state index contributed by atoms with van der Waals surface area (Å²) in [7, 11) is 0. The summed E-state index contributed by atoms with van der Waals surface area (Å²) in [4.78, 5) is 16.3. The Morgan fingerprint density at radius 3 is 2.62 bits per heavy atom. The van der Waals surface area contributed by atoms with Crippen molar-refractivity contribution >= 4 is 18.3 Å². The molecular formula is C19H27ClN4O2. The number of aryl methyl sites for hydroxylation is 1. The fourth-order valence-electron chi connectivity index (χ4n) is 2.72. The highest BCUT2D eigenvalue weighted by Crippen LogP contribution is 2.31. The highest BCUT2D eigenvalue weighted by atomic mass is 35.5. The van der Waals surface area contributed by atoms with E-state index in [1.165, 1.54) is 18.4 Å². The maximum absolute atomic E-state index is 11.9. The van der Waals surface area contributed by atoms with Gasteiger partial charge in [0.15, 0.2) is 0 Å². The average Bonchev–Trinajstić information content (AvgIpc) is 3.36. The Morgan fingerprint density at radius 1 is 1.31 bits per heavy atom. The lowest BCUT2D eigenvalue weighted by atomic mass is 10.0. The van der Waals surface area contributed by atoms with Crippen LogP contribution >= 0.6 is 12.4 Å². The van der Waals surface area contributed by atoms with Gasteiger partial charge < -0.3 is 15.6 Å². The summed E-state index contributed by atoms with van der Waals surface area (Å²) in [6.45, 7) is 4.86. The molecule has 2 aromatic rings. The van der Waals surface area contributed by atoms with Crippen molar-refractivity contribution in [1.82, 2.24) is 15.5 Å². The topological polar surface area (TPSA) is 94.0 Å². The van der Waals surface area contributed by atoms with Crippen molar-refractivity contribution in [2.45, 2.75) is 51.5 Å². The maximum Gasteiger partial charge on any atom is 0.227 e. The van der Waals surface area contributed by atoms with Crippen LogP contribution in [0.2, 0.25) is 0 Å². The van der Waals surface area contributed by atoms with Crippen LogP contribution in [0.5, 0.6) is 0 Å². The molecule has 3 rings (SSSR count). The van der Waals surface area contributed by atoms with Gasteiger partial charge in [0.1, 0.15) is 0 Å². The van der Waals surface area contributed by atoms with Gasteiger partial charge in [0.05, 0.1) is 0 Å². The minimum Gasteiger partial charge on any atom is -0.355 e. The molecule has 1 amide bonds. The third-order valence-corrected chi connectivity index (χ3v) is 4.63. The lowest BCUT2D eigenvalue weighted by Crippen LogP contribution is -2.38. The van der Waals surface area contributed by atoms with E-state index in [1.54, 1.807) is 0 Å². The number of hydrogen-bond donors (Lipinski definition) is 2. The fraction of sp³-hybridized carbons (Fsp3) is 0.526. The van der Waals surface area contributed by atoms with Crippen molar-refractivity contribution in [3.8, 4) is 11.4 Å². The number of nitrogens with one attached hydrogen (secondary N) is 1. The molecule has 1 atom stereocenters. The largest absolute Gasteiger partial charge is 0.355 e. The summed E-state index contributed by atoms with van der Waals surface area (Å²) in [5.41, 5.74) is 8.16. The third-order valence-electron chi connectivity index (χ3n) is 4.63. The molecule has 6 nitrogen and oxygen atoms in total. The van der Waals surface area contributed by atoms with E-state index in [0.717, 1.165) is 5.56 Å². The molecule has 7 heteroatoms. The number of amides is 1. The molecule has 1 unspecified atom stereocenters. The molecule has 3 N–H and O–H groups in total. The Hall–Kier alpha value is -1.92. The maximum atomic E-state index is 11.9. The summed E-state index contributed by atoms with van der Waals surface area (Å²) in [6.07, 6.45) is 3.12. The van der Waals surface area contributed by atoms with Crippen molar-refractivity contribution in [1.29, 1.82) is 0 Å². The third kappa shape index (κ3) is 5.54. The number of nitrogens with zero attached hydrogens (tertiary/aromatic N) is 2. The van der Waals surface area contributed by atoms with E-state index in [-0.39, 0.29) is 24.4 Å². The van der Waals surface area contributed by atoms with E-state index in [9.17, 15) is 4.79 Å². The highest BCUT2D eigenvalue weighted by Gasteiger charge is 2.28. The number of rotatable bonds is 8. The van der Waals surface area contributed by atoms with Crippen LogP contribution in [0.25, 0.3) is 11.4 Å². The minimum absolute atomic E-state index is 0. The second-order valence-electron chi connectivity index (χ2n) is 7.09. The van der Waals surface area contributed by atoms with Crippen LogP contribution in [0, 0.1) is 5.92 Å². The minimum atomic E-state index is -0.0304. The van der Waals surface area contributed by atoms with Crippen LogP contribution in [0.15, 0.2) is 28.8 Å². The predicted molar refractivity (Wildman–Crippen MR) is 103 cm³/mol. The van der Waals surface area contributed by atoms with Crippen LogP contribution in [0.1, 0.15) is 50.5 Å². The van der Waals surface area contributed by atoms with Crippen LogP contribution in [-0.4, -0.2) is 28.6 Å². The molecule has 0 radical (unpaired) electrons. The van der Waals surface area contributed by atoms with E-state index in [0.29, 0.717) is 42.9 Å². The zero-order chi connectivity index (χ0) is 17.8. The Bertz CT molecular complexity index is 711. The van der Waals surface area contributed by atoms with Gasteiger partial charge in [0, 0.05) is 31.0 Å². The van der Waals surface area contributed by atoms with Crippen molar-refractivity contribution in [3.63, 3.8) is 0 Å². The standard InChI is InChI=1S/C19H26N4O2.ClH/c1-12(2)13-3-7-15(8-4-13)19-22-18(25-23-19)10-9-17(24)21-11-16(20)14-5-6-14;/h3-4,7-8,12,14,16H,5-6,9-11,20H2,1-2H3,(H,21,24);1H. The first-order chi connectivity index (χ1) is 12.0. The first kappa shape index (κ1) is 20.4. The molecule has 0 bridgehead atoms. The van der Waals surface area contributed by atoms with E-state index in [2.05, 4.69) is 41.4 Å². The molecule has 1 aliphatic rings. The smallest absolute Gasteiger partial charge is 0.227 e. The number of halogens is 1. The first-order valence-electron chi connectivity index (χ1n) is 8.98. The quantitative estimate of drug-likeness (QED) is 0.736. The SMILES string of the molecule is CC(C)c1ccc(-c2noc(CCC(=O)NCC(N)C3CC3)n2)cc1.Cl. The summed E-state index contributed by atoms with van der Waals surface area (Å²) in [5.74, 6) is 2.07. The second kappa shape index (κ2) is 9.14. The lowest BCUT2D eigenvalue weighted by molar-refractivity contribution is -0.121. The zero-order valence-corrected chi connectivity index (χ0v) is 16.1. The summed E-state index contributed by atoms with van der Waals surface area (Å²) in [5, 5.41) is 6.88. The van der Waals surface area contributed by atoms with Gasteiger partial charge in [-0.2, -0.15) is 4.98 Å². The van der Waals surface area contributed by atoms with Crippen LogP contribution in [-0.2, 0) is 11.2 Å². The lowest BCUT2D eigenvalue weighted by Gasteiger charge is -2.10. The van der Waals surface area contributed by atoms with Crippen molar-refractivity contribution < 1.29 is 9.32 Å². The molecule has 1 saturated carbocycles. The van der Waals surface area contributed by atoms with Gasteiger partial charge in [-0.25, -0.2) is 0 Å². The summed E-state index contributed by atoms with van der Waals surface area (Å²) in [6, 6.07) is 8.22. The molecule has 1 aliphatic carbocycles. The van der Waals surface area contributed by atoms with Crippen molar-refractivity contribution in [2.24, 2.45) is 11.7 Å². The number of aromatic nitrogens is 2. The molecule has 1 aromatic heterocycles. The van der Waals surface area contributed by atoms with Gasteiger partial charge in [0.25, 0.3) is 0 Å². The molecule has 142 valence electrons. The Labute approximate surface area is 160 Å². The number of carbonyl (C=O) groups is 1. The van der Waals surface area contributed by atoms with Crippen LogP contribution in [0.4, 0.5) is 0 Å². The molecule has 26 heavy (non-hydrogen) atoms. The predicted octanol–water partition coefficient (Wildman–Crippen LogP) is 3.07. The number of benzene rings is 1. The molecule has 1 heterocycles. The number of hydrogen-bond acceptors (Lipinski definition) is 5. The van der Waals surface area contributed by atoms with E-state index in [4.69, 9.17) is 10.3 Å². The number of nitrogens with two attached hydrogens (primary N) is 1. The molecule has 0 spiro atoms. The van der Waals surface area contributed by atoms with Gasteiger partial charge in [0.2, 0.25) is 17.6 Å². The molecule has 0 saturated heterocycles. The molecule has 1 aromatic carbocycles. The monoisotopic (exact) mass is 378 g/mol. The van der Waals surface area contributed by atoms with Crippen molar-refractivity contribution in [3.05, 3.63) is 35.7 Å². The van der Waals surface area contributed by atoms with E-state index < -0.39 is 0 Å². The summed E-state index contributed by atoms with van der Waals surface area (Å²) < 4.78 is 5.26. The van der Waals surface area contributed by atoms with E-state index in [1.807, 2.05) is 12.1 Å². The number of carbonyl (C=O) groups excluding carboxylic acids is 1. The Balaban J connectivity index is 0.00000243. The van der Waals surface area contributed by atoms with Gasteiger partial charge in [-0.1, -0.05) is 43.3 Å². The first-order valence-corrected chi connectivity index (χ1v) is 8.98. The van der Waals surface area contributed by atoms with Crippen molar-refractivity contribution in [2.75, 3.05) is 6.54 Å². The van der Waals surface area contributed by atoms with E-state index >= 15 is 0 Å². The zero-order valence-electron chi connectivity index (χ0n) is 15.3. The van der Waals surface area contributed by atoms with Gasteiger partial charge >= 0.3 is 0 Å². The van der Waals surface area contributed by atoms with Gasteiger partial charge in [-0.05, 0) is 30.2 Å².